The number of rotatable bonds is 6. The highest BCUT2D eigenvalue weighted by Crippen LogP contribution is 2.11. The van der Waals surface area contributed by atoms with E-state index in [1.165, 1.54) is 11.1 Å². The van der Waals surface area contributed by atoms with Crippen LogP contribution >= 0.6 is 24.0 Å². The molecule has 0 heterocycles. The third-order valence-electron chi connectivity index (χ3n) is 3.46. The van der Waals surface area contributed by atoms with E-state index in [0.29, 0.717) is 12.3 Å². The van der Waals surface area contributed by atoms with E-state index in [9.17, 15) is 4.21 Å². The minimum Gasteiger partial charge on any atom is -0.357 e. The number of guanidine groups is 1. The van der Waals surface area contributed by atoms with Crippen molar-refractivity contribution < 1.29 is 4.21 Å². The fraction of sp³-hybridized carbons (Fsp3) is 0.611. The van der Waals surface area contributed by atoms with Crippen molar-refractivity contribution in [3.05, 3.63) is 35.4 Å². The zero-order chi connectivity index (χ0) is 17.5. The van der Waals surface area contributed by atoms with Gasteiger partial charge in [-0.2, -0.15) is 0 Å². The van der Waals surface area contributed by atoms with Crippen LogP contribution in [0.1, 0.15) is 38.8 Å². The fourth-order valence-electron chi connectivity index (χ4n) is 2.05. The Morgan fingerprint density at radius 1 is 1.25 bits per heavy atom. The van der Waals surface area contributed by atoms with Crippen LogP contribution in [-0.4, -0.2) is 45.7 Å². The largest absolute Gasteiger partial charge is 0.357 e. The van der Waals surface area contributed by atoms with Crippen LogP contribution in [0, 0.1) is 6.92 Å². The first-order valence-corrected chi connectivity index (χ1v) is 9.49. The van der Waals surface area contributed by atoms with Crippen molar-refractivity contribution >= 4 is 40.7 Å². The maximum Gasteiger partial charge on any atom is 0.193 e. The number of aliphatic imine (C=N–C) groups is 1. The van der Waals surface area contributed by atoms with Crippen molar-refractivity contribution in [2.24, 2.45) is 4.99 Å². The summed E-state index contributed by atoms with van der Waals surface area (Å²) in [6.45, 7) is 12.3. The van der Waals surface area contributed by atoms with Crippen LogP contribution in [0.25, 0.3) is 0 Å². The Labute approximate surface area is 167 Å². The van der Waals surface area contributed by atoms with Gasteiger partial charge in [0.2, 0.25) is 0 Å². The molecule has 4 nitrogen and oxygen atoms in total. The quantitative estimate of drug-likeness (QED) is 0.397. The molecule has 0 saturated carbocycles. The van der Waals surface area contributed by atoms with Gasteiger partial charge in [-0.15, -0.1) is 24.0 Å². The van der Waals surface area contributed by atoms with Crippen molar-refractivity contribution in [3.8, 4) is 0 Å². The number of aryl methyl sites for hydroxylation is 1. The first kappa shape index (κ1) is 23.4. The molecule has 0 amide bonds. The Balaban J connectivity index is 0.00000529. The van der Waals surface area contributed by atoms with E-state index >= 15 is 0 Å². The molecule has 138 valence electrons. The molecule has 0 radical (unpaired) electrons. The zero-order valence-corrected chi connectivity index (χ0v) is 18.9. The molecule has 0 aromatic heterocycles. The molecule has 24 heavy (non-hydrogen) atoms. The second-order valence-electron chi connectivity index (χ2n) is 6.74. The van der Waals surface area contributed by atoms with Gasteiger partial charge < -0.3 is 10.2 Å². The van der Waals surface area contributed by atoms with Crippen LogP contribution in [0.5, 0.6) is 0 Å². The number of hydrogen-bond acceptors (Lipinski definition) is 2. The second-order valence-corrected chi connectivity index (χ2v) is 9.06. The summed E-state index contributed by atoms with van der Waals surface area (Å²) in [7, 11) is 1.16. The van der Waals surface area contributed by atoms with Gasteiger partial charge in [0.05, 0.1) is 6.54 Å². The highest BCUT2D eigenvalue weighted by atomic mass is 127. The summed E-state index contributed by atoms with van der Waals surface area (Å²) in [6, 6.07) is 8.54. The second kappa shape index (κ2) is 11.1. The topological polar surface area (TPSA) is 44.7 Å². The summed E-state index contributed by atoms with van der Waals surface area (Å²) in [4.78, 5) is 6.72. The Morgan fingerprint density at radius 3 is 2.33 bits per heavy atom. The van der Waals surface area contributed by atoms with E-state index in [2.05, 4.69) is 53.3 Å². The predicted molar refractivity (Wildman–Crippen MR) is 117 cm³/mol. The predicted octanol–water partition coefficient (Wildman–Crippen LogP) is 3.56. The average molecular weight is 465 g/mol. The van der Waals surface area contributed by atoms with E-state index in [0.717, 1.165) is 19.0 Å². The lowest BCUT2D eigenvalue weighted by molar-refractivity contribution is 0.477. The van der Waals surface area contributed by atoms with Crippen molar-refractivity contribution in [1.82, 2.24) is 10.2 Å². The van der Waals surface area contributed by atoms with E-state index in [4.69, 9.17) is 0 Å². The maximum absolute atomic E-state index is 12.1. The number of benzene rings is 1. The number of nitrogens with zero attached hydrogens (tertiary/aromatic N) is 2. The van der Waals surface area contributed by atoms with E-state index in [1.807, 2.05) is 27.8 Å². The van der Waals surface area contributed by atoms with Gasteiger partial charge in [-0.3, -0.25) is 9.20 Å². The highest BCUT2D eigenvalue weighted by Gasteiger charge is 2.18. The van der Waals surface area contributed by atoms with Gasteiger partial charge in [0.25, 0.3) is 0 Å². The lowest BCUT2D eigenvalue weighted by Gasteiger charge is -2.22. The number of nitrogens with one attached hydrogen (secondary N) is 1. The van der Waals surface area contributed by atoms with Crippen LogP contribution in [0.4, 0.5) is 0 Å². The van der Waals surface area contributed by atoms with E-state index in [-0.39, 0.29) is 28.7 Å². The molecular formula is C18H32IN3OS. The van der Waals surface area contributed by atoms with Gasteiger partial charge in [0.15, 0.2) is 5.96 Å². The SMILES string of the molecule is CCNC(=NCCS(=O)C(C)(C)C)N(C)Cc1ccc(C)cc1.I. The molecular weight excluding hydrogens is 433 g/mol. The lowest BCUT2D eigenvalue weighted by atomic mass is 10.1. The van der Waals surface area contributed by atoms with Crippen LogP contribution in [0.2, 0.25) is 0 Å². The smallest absolute Gasteiger partial charge is 0.193 e. The van der Waals surface area contributed by atoms with Crippen molar-refractivity contribution in [2.45, 2.75) is 45.9 Å². The van der Waals surface area contributed by atoms with Crippen LogP contribution in [-0.2, 0) is 17.3 Å². The van der Waals surface area contributed by atoms with Gasteiger partial charge >= 0.3 is 0 Å². The molecule has 1 N–H and O–H groups in total. The summed E-state index contributed by atoms with van der Waals surface area (Å²) >= 11 is 0. The molecule has 1 atom stereocenters. The Hall–Kier alpha value is -0.630. The minimum absolute atomic E-state index is 0. The van der Waals surface area contributed by atoms with Gasteiger partial charge in [-0.1, -0.05) is 29.8 Å². The Bertz CT molecular complexity index is 538. The Morgan fingerprint density at radius 2 is 1.83 bits per heavy atom. The first-order valence-electron chi connectivity index (χ1n) is 8.17. The van der Waals surface area contributed by atoms with Crippen molar-refractivity contribution in [2.75, 3.05) is 25.9 Å². The summed E-state index contributed by atoms with van der Waals surface area (Å²) in [5, 5.41) is 3.30. The molecule has 1 rings (SSSR count). The van der Waals surface area contributed by atoms with Crippen molar-refractivity contribution in [1.29, 1.82) is 0 Å². The molecule has 0 aliphatic carbocycles. The summed E-state index contributed by atoms with van der Waals surface area (Å²) in [5.74, 6) is 1.45. The molecule has 6 heteroatoms. The minimum atomic E-state index is -0.865. The molecule has 0 saturated heterocycles. The fourth-order valence-corrected chi connectivity index (χ4v) is 2.92. The monoisotopic (exact) mass is 465 g/mol. The van der Waals surface area contributed by atoms with E-state index in [1.54, 1.807) is 0 Å². The van der Waals surface area contributed by atoms with Gasteiger partial charge in [0, 0.05) is 41.4 Å². The highest BCUT2D eigenvalue weighted by molar-refractivity contribution is 14.0. The zero-order valence-electron chi connectivity index (χ0n) is 15.8. The van der Waals surface area contributed by atoms with Crippen LogP contribution in [0.3, 0.4) is 0 Å². The molecule has 1 unspecified atom stereocenters. The maximum atomic E-state index is 12.1. The number of hydrogen-bond donors (Lipinski definition) is 1. The summed E-state index contributed by atoms with van der Waals surface area (Å²) in [6.07, 6.45) is 0. The molecule has 0 fully saturated rings. The van der Waals surface area contributed by atoms with Crippen LogP contribution in [0.15, 0.2) is 29.3 Å². The lowest BCUT2D eigenvalue weighted by Crippen LogP contribution is -2.39. The third-order valence-corrected chi connectivity index (χ3v) is 5.38. The standard InChI is InChI=1S/C18H31N3OS.HI/c1-7-19-17(20-12-13-23(22)18(3,4)5)21(6)14-16-10-8-15(2)9-11-16;/h8-11H,7,12-14H2,1-6H3,(H,19,20);1H. The normalized spacial score (nSPS) is 13.2. The molecule has 0 aliphatic heterocycles. The van der Waals surface area contributed by atoms with Gasteiger partial charge in [0.1, 0.15) is 0 Å². The van der Waals surface area contributed by atoms with E-state index < -0.39 is 10.8 Å². The molecule has 0 bridgehead atoms. The van der Waals surface area contributed by atoms with Gasteiger partial charge in [-0.25, -0.2) is 0 Å². The van der Waals surface area contributed by atoms with Crippen molar-refractivity contribution in [3.63, 3.8) is 0 Å². The van der Waals surface area contributed by atoms with Crippen LogP contribution < -0.4 is 5.32 Å². The molecule has 1 aromatic rings. The third kappa shape index (κ3) is 8.46. The molecule has 1 aromatic carbocycles. The first-order chi connectivity index (χ1) is 10.7. The Kier molecular flexibility index (Phi) is 10.8. The molecule has 0 aliphatic rings. The average Bonchev–Trinajstić information content (AvgIpc) is 2.47. The summed E-state index contributed by atoms with van der Waals surface area (Å²) < 4.78 is 11.9. The summed E-state index contributed by atoms with van der Waals surface area (Å²) in [5.41, 5.74) is 2.52. The molecule has 0 spiro atoms. The number of halogens is 1. The van der Waals surface area contributed by atoms with Gasteiger partial charge in [-0.05, 0) is 40.2 Å².